The van der Waals surface area contributed by atoms with E-state index in [2.05, 4.69) is 24.1 Å². The summed E-state index contributed by atoms with van der Waals surface area (Å²) in [6.45, 7) is 6.42. The number of nitrogens with one attached hydrogen (secondary N) is 1. The van der Waals surface area contributed by atoms with E-state index in [9.17, 15) is 4.39 Å². The molecular weight excluding hydrogens is 251 g/mol. The number of rotatable bonds is 8. The molecule has 1 saturated carbocycles. The van der Waals surface area contributed by atoms with Crippen LogP contribution in [0.4, 0.5) is 10.1 Å². The molecule has 20 heavy (non-hydrogen) atoms. The lowest BCUT2D eigenvalue weighted by Gasteiger charge is -2.35. The Labute approximate surface area is 122 Å². The summed E-state index contributed by atoms with van der Waals surface area (Å²) in [6.07, 6.45) is 4.94. The lowest BCUT2D eigenvalue weighted by molar-refractivity contribution is 0.282. The molecule has 1 aromatic carbocycles. The number of nitrogens with zero attached hydrogens (tertiary/aromatic N) is 1. The van der Waals surface area contributed by atoms with Gasteiger partial charge in [0.05, 0.1) is 5.69 Å². The van der Waals surface area contributed by atoms with Gasteiger partial charge < -0.3 is 10.2 Å². The molecule has 0 radical (unpaired) electrons. The molecule has 0 amide bonds. The van der Waals surface area contributed by atoms with E-state index in [1.54, 1.807) is 6.07 Å². The highest BCUT2D eigenvalue weighted by Gasteiger charge is 2.29. The lowest BCUT2D eigenvalue weighted by atomic mass is 9.84. The van der Waals surface area contributed by atoms with Crippen LogP contribution in [-0.4, -0.2) is 26.2 Å². The Kier molecular flexibility index (Phi) is 5.03. The van der Waals surface area contributed by atoms with Gasteiger partial charge in [-0.15, -0.1) is 0 Å². The van der Waals surface area contributed by atoms with Gasteiger partial charge in [-0.2, -0.15) is 0 Å². The average Bonchev–Trinajstić information content (AvgIpc) is 3.21. The normalized spacial score (nSPS) is 17.8. The Morgan fingerprint density at radius 2 is 2.05 bits per heavy atom. The van der Waals surface area contributed by atoms with E-state index in [4.69, 9.17) is 0 Å². The maximum absolute atomic E-state index is 13.9. The predicted molar refractivity (Wildman–Crippen MR) is 83.7 cm³/mol. The summed E-state index contributed by atoms with van der Waals surface area (Å²) >= 11 is 0. The Bertz CT molecular complexity index is 431. The number of halogens is 1. The van der Waals surface area contributed by atoms with Crippen molar-refractivity contribution in [3.63, 3.8) is 0 Å². The Balaban J connectivity index is 2.00. The van der Waals surface area contributed by atoms with Crippen molar-refractivity contribution < 1.29 is 4.39 Å². The molecule has 2 nitrogen and oxygen atoms in total. The monoisotopic (exact) mass is 278 g/mol. The average molecular weight is 278 g/mol. The molecule has 112 valence electrons. The first-order valence-electron chi connectivity index (χ1n) is 7.73. The first-order chi connectivity index (χ1) is 9.54. The first-order valence-corrected chi connectivity index (χ1v) is 7.73. The van der Waals surface area contributed by atoms with Gasteiger partial charge in [-0.25, -0.2) is 4.39 Å². The maximum Gasteiger partial charge on any atom is 0.146 e. The third-order valence-electron chi connectivity index (χ3n) is 4.13. The second-order valence-electron chi connectivity index (χ2n) is 6.52. The zero-order chi connectivity index (χ0) is 14.6. The van der Waals surface area contributed by atoms with Gasteiger partial charge in [0.2, 0.25) is 0 Å². The highest BCUT2D eigenvalue weighted by Crippen LogP contribution is 2.29. The molecule has 0 bridgehead atoms. The highest BCUT2D eigenvalue weighted by molar-refractivity contribution is 5.46. The molecule has 2 rings (SSSR count). The van der Waals surface area contributed by atoms with E-state index in [0.29, 0.717) is 5.69 Å². The van der Waals surface area contributed by atoms with E-state index in [1.807, 2.05) is 19.2 Å². The molecule has 1 aromatic rings. The molecule has 1 aliphatic carbocycles. The zero-order valence-corrected chi connectivity index (χ0v) is 13.0. The zero-order valence-electron chi connectivity index (χ0n) is 13.0. The SMILES string of the molecule is CCCC(C)(CNC1CC1)CN(C)c1ccccc1F. The van der Waals surface area contributed by atoms with Crippen molar-refractivity contribution in [3.05, 3.63) is 30.1 Å². The van der Waals surface area contributed by atoms with E-state index in [-0.39, 0.29) is 11.2 Å². The number of para-hydroxylation sites is 1. The second-order valence-corrected chi connectivity index (χ2v) is 6.52. The maximum atomic E-state index is 13.9. The summed E-state index contributed by atoms with van der Waals surface area (Å²) < 4.78 is 13.9. The van der Waals surface area contributed by atoms with Crippen LogP contribution in [0.3, 0.4) is 0 Å². The molecule has 0 spiro atoms. The molecule has 0 heterocycles. The van der Waals surface area contributed by atoms with Crippen LogP contribution in [0.15, 0.2) is 24.3 Å². The third-order valence-corrected chi connectivity index (χ3v) is 4.13. The van der Waals surface area contributed by atoms with Gasteiger partial charge in [0.15, 0.2) is 0 Å². The minimum absolute atomic E-state index is 0.135. The van der Waals surface area contributed by atoms with E-state index in [0.717, 1.165) is 32.0 Å². The van der Waals surface area contributed by atoms with Gasteiger partial charge >= 0.3 is 0 Å². The summed E-state index contributed by atoms with van der Waals surface area (Å²) in [5.74, 6) is -0.135. The van der Waals surface area contributed by atoms with Gasteiger partial charge in [-0.3, -0.25) is 0 Å². The van der Waals surface area contributed by atoms with Crippen molar-refractivity contribution in [2.24, 2.45) is 5.41 Å². The fourth-order valence-corrected chi connectivity index (χ4v) is 2.92. The Hall–Kier alpha value is -1.09. The predicted octanol–water partition coefficient (Wildman–Crippen LogP) is 3.82. The lowest BCUT2D eigenvalue weighted by Crippen LogP contribution is -2.42. The van der Waals surface area contributed by atoms with Gasteiger partial charge in [0, 0.05) is 26.2 Å². The molecule has 1 atom stereocenters. The van der Waals surface area contributed by atoms with Crippen LogP contribution in [0.2, 0.25) is 0 Å². The van der Waals surface area contributed by atoms with Gasteiger partial charge in [-0.1, -0.05) is 32.4 Å². The molecule has 1 fully saturated rings. The standard InChI is InChI=1S/C17H27FN2/c1-4-11-17(2,12-19-14-9-10-14)13-20(3)16-8-6-5-7-15(16)18/h5-8,14,19H,4,9-13H2,1-3H3. The fourth-order valence-electron chi connectivity index (χ4n) is 2.92. The minimum atomic E-state index is -0.135. The van der Waals surface area contributed by atoms with Crippen LogP contribution < -0.4 is 10.2 Å². The summed E-state index contributed by atoms with van der Waals surface area (Å²) in [5, 5.41) is 3.63. The smallest absolute Gasteiger partial charge is 0.146 e. The van der Waals surface area contributed by atoms with Crippen molar-refractivity contribution in [1.29, 1.82) is 0 Å². The number of hydrogen-bond acceptors (Lipinski definition) is 2. The highest BCUT2D eigenvalue weighted by atomic mass is 19.1. The quantitative estimate of drug-likeness (QED) is 0.777. The summed E-state index contributed by atoms with van der Waals surface area (Å²) in [7, 11) is 1.99. The van der Waals surface area contributed by atoms with E-state index < -0.39 is 0 Å². The second kappa shape index (κ2) is 6.57. The summed E-state index contributed by atoms with van der Waals surface area (Å²) in [5.41, 5.74) is 0.884. The topological polar surface area (TPSA) is 15.3 Å². The van der Waals surface area contributed by atoms with Gasteiger partial charge in [0.1, 0.15) is 5.82 Å². The van der Waals surface area contributed by atoms with Crippen LogP contribution in [0.5, 0.6) is 0 Å². The van der Waals surface area contributed by atoms with Crippen LogP contribution in [0.1, 0.15) is 39.5 Å². The minimum Gasteiger partial charge on any atom is -0.372 e. The van der Waals surface area contributed by atoms with Crippen molar-refractivity contribution in [3.8, 4) is 0 Å². The molecule has 0 aromatic heterocycles. The molecule has 1 N–H and O–H groups in total. The van der Waals surface area contributed by atoms with Gasteiger partial charge in [-0.05, 0) is 36.8 Å². The fraction of sp³-hybridized carbons (Fsp3) is 0.647. The molecular formula is C17H27FN2. The van der Waals surface area contributed by atoms with Gasteiger partial charge in [0.25, 0.3) is 0 Å². The Morgan fingerprint density at radius 3 is 2.65 bits per heavy atom. The van der Waals surface area contributed by atoms with Crippen LogP contribution >= 0.6 is 0 Å². The number of benzene rings is 1. The summed E-state index contributed by atoms with van der Waals surface area (Å²) in [4.78, 5) is 2.06. The van der Waals surface area contributed by atoms with Crippen molar-refractivity contribution in [2.75, 3.05) is 25.0 Å². The van der Waals surface area contributed by atoms with Crippen molar-refractivity contribution >= 4 is 5.69 Å². The van der Waals surface area contributed by atoms with Crippen LogP contribution in [0.25, 0.3) is 0 Å². The molecule has 1 unspecified atom stereocenters. The molecule has 1 aliphatic rings. The molecule has 0 aliphatic heterocycles. The van der Waals surface area contributed by atoms with Crippen LogP contribution in [-0.2, 0) is 0 Å². The van der Waals surface area contributed by atoms with E-state index in [1.165, 1.54) is 18.9 Å². The van der Waals surface area contributed by atoms with Crippen molar-refractivity contribution in [1.82, 2.24) is 5.32 Å². The number of anilines is 1. The molecule has 3 heteroatoms. The first kappa shape index (κ1) is 15.3. The number of hydrogen-bond donors (Lipinski definition) is 1. The Morgan fingerprint density at radius 1 is 1.35 bits per heavy atom. The summed E-state index contributed by atoms with van der Waals surface area (Å²) in [6, 6.07) is 7.76. The third kappa shape index (κ3) is 4.20. The van der Waals surface area contributed by atoms with E-state index >= 15 is 0 Å². The molecule has 0 saturated heterocycles. The van der Waals surface area contributed by atoms with Crippen LogP contribution in [0, 0.1) is 11.2 Å². The van der Waals surface area contributed by atoms with Crippen molar-refractivity contribution in [2.45, 2.75) is 45.6 Å². The largest absolute Gasteiger partial charge is 0.372 e.